The van der Waals surface area contributed by atoms with Crippen LogP contribution < -0.4 is 14.6 Å². The molecule has 0 aliphatic carbocycles. The van der Waals surface area contributed by atoms with Crippen molar-refractivity contribution in [2.75, 3.05) is 31.2 Å². The molecule has 1 aliphatic rings. The fourth-order valence-electron chi connectivity index (χ4n) is 2.60. The third kappa shape index (κ3) is 5.55. The van der Waals surface area contributed by atoms with Crippen LogP contribution >= 0.6 is 22.9 Å². The summed E-state index contributed by atoms with van der Waals surface area (Å²) in [6, 6.07) is 8.06. The number of rotatable bonds is 7. The van der Waals surface area contributed by atoms with Gasteiger partial charge in [0.15, 0.2) is 0 Å². The molecule has 0 bridgehead atoms. The summed E-state index contributed by atoms with van der Waals surface area (Å²) in [7, 11) is 0. The Hall–Kier alpha value is -1.44. The second-order valence-electron chi connectivity index (χ2n) is 6.04. The molecule has 2 N–H and O–H groups in total. The Morgan fingerprint density at radius 2 is 2.25 bits per heavy atom. The molecule has 2 aromatic rings. The van der Waals surface area contributed by atoms with Crippen LogP contribution in [0.1, 0.15) is 9.67 Å². The van der Waals surface area contributed by atoms with E-state index in [1.54, 1.807) is 24.3 Å². The van der Waals surface area contributed by atoms with Crippen molar-refractivity contribution >= 4 is 60.5 Å². The van der Waals surface area contributed by atoms with Gasteiger partial charge >= 0.3 is 178 Å². The number of hydrogen-bond acceptors (Lipinski definition) is 5. The van der Waals surface area contributed by atoms with E-state index in [1.165, 1.54) is 22.3 Å². The second-order valence-corrected chi connectivity index (χ2v) is 10.3. The normalized spacial score (nSPS) is 16.0. The van der Waals surface area contributed by atoms with E-state index in [2.05, 4.69) is 5.32 Å². The van der Waals surface area contributed by atoms with Gasteiger partial charge in [-0.15, -0.1) is 0 Å². The molecule has 1 aromatic heterocycles. The van der Waals surface area contributed by atoms with Crippen molar-refractivity contribution < 1.29 is 23.8 Å². The number of hydrogen-bond donors (Lipinski definition) is 2. The Labute approximate surface area is 177 Å². The minimum absolute atomic E-state index is 0.0390. The number of halogens is 2. The number of benzene rings is 1. The zero-order valence-corrected chi connectivity index (χ0v) is 18.2. The number of thiophene rings is 1. The van der Waals surface area contributed by atoms with Gasteiger partial charge in [0, 0.05) is 0 Å². The Kier molecular flexibility index (Phi) is 7.48. The first-order valence-corrected chi connectivity index (χ1v) is 12.0. The summed E-state index contributed by atoms with van der Waals surface area (Å²) in [6.45, 7) is 0.792. The monoisotopic (exact) mass is 487 g/mol. The quantitative estimate of drug-likeness (QED) is 0.580. The van der Waals surface area contributed by atoms with Crippen LogP contribution in [0, 0.1) is 5.82 Å². The molecule has 10 heteroatoms. The third-order valence-electron chi connectivity index (χ3n) is 3.99. The van der Waals surface area contributed by atoms with Crippen LogP contribution in [0.3, 0.4) is 0 Å². The number of ether oxygens (including phenoxy) is 1. The summed E-state index contributed by atoms with van der Waals surface area (Å²) in [5.41, 5.74) is 0.251. The molecule has 0 saturated carbocycles. The topological polar surface area (TPSA) is 78.9 Å². The van der Waals surface area contributed by atoms with Gasteiger partial charge in [0.25, 0.3) is 0 Å². The predicted octanol–water partition coefficient (Wildman–Crippen LogP) is 1.44. The molecule has 149 valence electrons. The number of carbonyl (C=O) groups excluding carboxylic acids is 2. The van der Waals surface area contributed by atoms with Crippen LogP contribution in [-0.4, -0.2) is 65.1 Å². The summed E-state index contributed by atoms with van der Waals surface area (Å²) in [6.07, 6.45) is -0.719. The number of morpholine rings is 1. The molecule has 1 saturated heterocycles. The molecule has 2 heterocycles. The van der Waals surface area contributed by atoms with Gasteiger partial charge in [0.1, 0.15) is 0 Å². The summed E-state index contributed by atoms with van der Waals surface area (Å²) in [5, 5.41) is 13.2. The van der Waals surface area contributed by atoms with Gasteiger partial charge in [-0.05, 0) is 0 Å². The molecule has 2 amide bonds. The van der Waals surface area contributed by atoms with E-state index in [-0.39, 0.29) is 30.7 Å². The van der Waals surface area contributed by atoms with E-state index in [0.717, 1.165) is 4.35 Å². The van der Waals surface area contributed by atoms with Crippen molar-refractivity contribution in [2.45, 2.75) is 11.3 Å². The van der Waals surface area contributed by atoms with Crippen LogP contribution in [0.4, 0.5) is 10.1 Å². The number of aliphatic hydroxyl groups is 1. The molecular weight excluding hydrogens is 470 g/mol. The molecule has 1 aromatic carbocycles. The molecule has 6 nitrogen and oxygen atoms in total. The van der Waals surface area contributed by atoms with Crippen LogP contribution in [0.15, 0.2) is 30.3 Å². The van der Waals surface area contributed by atoms with Crippen LogP contribution in [0.25, 0.3) is 0 Å². The van der Waals surface area contributed by atoms with E-state index in [4.69, 9.17) is 16.3 Å². The third-order valence-corrected chi connectivity index (χ3v) is 7.83. The van der Waals surface area contributed by atoms with Crippen LogP contribution in [-0.2, 0) is 9.53 Å². The molecule has 1 aliphatic heterocycles. The Morgan fingerprint density at radius 3 is 2.93 bits per heavy atom. The van der Waals surface area contributed by atoms with Gasteiger partial charge in [-0.3, -0.25) is 0 Å². The van der Waals surface area contributed by atoms with E-state index in [0.29, 0.717) is 27.6 Å². The van der Waals surface area contributed by atoms with Gasteiger partial charge in [-0.25, -0.2) is 0 Å². The molecule has 3 rings (SSSR count). The van der Waals surface area contributed by atoms with Gasteiger partial charge in [0.05, 0.1) is 0 Å². The SMILES string of the molecule is O=C(NCC(O)C[As]c1ccc(N2CCOCC2=O)c(F)c1)c1ccc(Cl)s1. The number of nitrogens with one attached hydrogen (secondary N) is 1. The fourth-order valence-corrected chi connectivity index (χ4v) is 5.52. The maximum atomic E-state index is 14.4. The standard InChI is InChI=1S/C18H18AsClFN2O4S/c20-16-4-3-15(28-16)18(26)22-9-12(24)8-19-11-1-2-14(13(21)7-11)23-5-6-27-10-17(23)25/h1-4,7,12,24H,5-6,8-10H2,(H,22,26). The van der Waals surface area contributed by atoms with Crippen LogP contribution in [0.5, 0.6) is 0 Å². The molecule has 0 spiro atoms. The number of anilines is 1. The first-order valence-electron chi connectivity index (χ1n) is 8.51. The minimum atomic E-state index is -0.719. The van der Waals surface area contributed by atoms with Gasteiger partial charge < -0.3 is 0 Å². The summed E-state index contributed by atoms with van der Waals surface area (Å²) < 4.78 is 20.8. The Bertz CT molecular complexity index is 866. The average molecular weight is 488 g/mol. The molecule has 1 radical (unpaired) electrons. The number of amides is 2. The van der Waals surface area contributed by atoms with Gasteiger partial charge in [0.2, 0.25) is 0 Å². The molecule has 28 heavy (non-hydrogen) atoms. The van der Waals surface area contributed by atoms with Gasteiger partial charge in [-0.2, -0.15) is 0 Å². The second kappa shape index (κ2) is 9.85. The zero-order chi connectivity index (χ0) is 20.1. The molecule has 1 unspecified atom stereocenters. The fraction of sp³-hybridized carbons (Fsp3) is 0.333. The Morgan fingerprint density at radius 1 is 1.43 bits per heavy atom. The van der Waals surface area contributed by atoms with Gasteiger partial charge in [-0.1, -0.05) is 0 Å². The van der Waals surface area contributed by atoms with Crippen molar-refractivity contribution in [3.8, 4) is 0 Å². The van der Waals surface area contributed by atoms with Crippen molar-refractivity contribution in [3.05, 3.63) is 45.4 Å². The van der Waals surface area contributed by atoms with Crippen molar-refractivity contribution in [2.24, 2.45) is 0 Å². The summed E-state index contributed by atoms with van der Waals surface area (Å²) in [4.78, 5) is 25.7. The Balaban J connectivity index is 1.49. The summed E-state index contributed by atoms with van der Waals surface area (Å²) >= 11 is 6.49. The van der Waals surface area contributed by atoms with E-state index in [1.807, 2.05) is 0 Å². The number of aliphatic hydroxyl groups excluding tert-OH is 1. The number of nitrogens with zero attached hydrogens (tertiary/aromatic N) is 1. The van der Waals surface area contributed by atoms with Crippen molar-refractivity contribution in [1.29, 1.82) is 0 Å². The predicted molar refractivity (Wildman–Crippen MR) is 107 cm³/mol. The molecular formula is C18H18AsClFN2O4S. The first-order chi connectivity index (χ1) is 13.4. The van der Waals surface area contributed by atoms with Crippen molar-refractivity contribution in [1.82, 2.24) is 5.32 Å². The molecule has 1 atom stereocenters. The maximum absolute atomic E-state index is 14.4. The van der Waals surface area contributed by atoms with Crippen molar-refractivity contribution in [3.63, 3.8) is 0 Å². The zero-order valence-electron chi connectivity index (χ0n) is 14.7. The summed E-state index contributed by atoms with van der Waals surface area (Å²) in [5.74, 6) is -0.998. The number of carbonyl (C=O) groups is 2. The average Bonchev–Trinajstić information content (AvgIpc) is 3.12. The first kappa shape index (κ1) is 21.3. The van der Waals surface area contributed by atoms with Crippen LogP contribution in [0.2, 0.25) is 9.54 Å². The molecule has 1 fully saturated rings. The van der Waals surface area contributed by atoms with E-state index < -0.39 is 27.7 Å². The van der Waals surface area contributed by atoms with E-state index in [9.17, 15) is 19.1 Å². The van der Waals surface area contributed by atoms with E-state index >= 15 is 0 Å².